The molecule has 0 saturated heterocycles. The highest BCUT2D eigenvalue weighted by atomic mass is 32.2. The number of benzene rings is 2. The zero-order chi connectivity index (χ0) is 22.6. The quantitative estimate of drug-likeness (QED) is 0.535. The maximum absolute atomic E-state index is 13.4. The molecule has 31 heavy (non-hydrogen) atoms. The molecule has 0 aliphatic heterocycles. The number of H-pyrrole nitrogens is 1. The van der Waals surface area contributed by atoms with E-state index in [4.69, 9.17) is 0 Å². The lowest BCUT2D eigenvalue weighted by atomic mass is 10.1. The lowest BCUT2D eigenvalue weighted by Crippen LogP contribution is -2.29. The van der Waals surface area contributed by atoms with E-state index in [0.717, 1.165) is 5.69 Å². The maximum Gasteiger partial charge on any atom is 0.337 e. The molecule has 0 saturated carbocycles. The maximum atomic E-state index is 13.4. The van der Waals surface area contributed by atoms with Gasteiger partial charge in [-0.25, -0.2) is 21.9 Å². The van der Waals surface area contributed by atoms with Crippen LogP contribution in [0.4, 0.5) is 4.39 Å². The number of aromatic amines is 1. The second-order valence-electron chi connectivity index (χ2n) is 7.19. The summed E-state index contributed by atoms with van der Waals surface area (Å²) in [6, 6.07) is 12.5. The molecule has 0 atom stereocenters. The van der Waals surface area contributed by atoms with Gasteiger partial charge in [0.05, 0.1) is 23.3 Å². The van der Waals surface area contributed by atoms with Crippen LogP contribution in [0, 0.1) is 12.7 Å². The number of carbonyl (C=O) groups is 1. The lowest BCUT2D eigenvalue weighted by molar-refractivity contribution is 0.0600. The van der Waals surface area contributed by atoms with Crippen LogP contribution in [-0.4, -0.2) is 49.6 Å². The molecule has 0 bridgehead atoms. The number of sulfonamides is 1. The first-order valence-corrected chi connectivity index (χ1v) is 11.1. The summed E-state index contributed by atoms with van der Waals surface area (Å²) in [5.41, 5.74) is 2.86. The smallest absolute Gasteiger partial charge is 0.337 e. The molecular formula is C22H24FN3O4S. The number of hydrogen-bond acceptors (Lipinski definition) is 5. The molecule has 3 aromatic rings. The van der Waals surface area contributed by atoms with Gasteiger partial charge < -0.3 is 4.74 Å². The van der Waals surface area contributed by atoms with Crippen molar-refractivity contribution in [3.63, 3.8) is 0 Å². The molecule has 164 valence electrons. The second kappa shape index (κ2) is 9.40. The summed E-state index contributed by atoms with van der Waals surface area (Å²) in [7, 11) is -1.02. The predicted molar refractivity (Wildman–Crippen MR) is 115 cm³/mol. The highest BCUT2D eigenvalue weighted by Crippen LogP contribution is 2.22. The molecule has 0 fully saturated rings. The first-order chi connectivity index (χ1) is 14.7. The van der Waals surface area contributed by atoms with Gasteiger partial charge in [0.25, 0.3) is 0 Å². The zero-order valence-corrected chi connectivity index (χ0v) is 18.4. The fraction of sp³-hybridized carbons (Fsp3) is 0.273. The highest BCUT2D eigenvalue weighted by molar-refractivity contribution is 7.89. The van der Waals surface area contributed by atoms with Gasteiger partial charge in [-0.1, -0.05) is 18.2 Å². The number of ether oxygens (including phenoxy) is 1. The van der Waals surface area contributed by atoms with Crippen molar-refractivity contribution in [1.29, 1.82) is 0 Å². The molecule has 0 spiro atoms. The third-order valence-corrected chi connectivity index (χ3v) is 6.97. The number of esters is 1. The minimum atomic E-state index is -3.77. The van der Waals surface area contributed by atoms with Crippen molar-refractivity contribution in [3.8, 4) is 11.3 Å². The van der Waals surface area contributed by atoms with Crippen molar-refractivity contribution in [1.82, 2.24) is 14.5 Å². The van der Waals surface area contributed by atoms with Gasteiger partial charge in [-0.3, -0.25) is 5.10 Å². The van der Waals surface area contributed by atoms with E-state index < -0.39 is 16.0 Å². The average Bonchev–Trinajstić information content (AvgIpc) is 3.22. The van der Waals surface area contributed by atoms with Crippen LogP contribution in [0.5, 0.6) is 0 Å². The fourth-order valence-corrected chi connectivity index (χ4v) is 4.64. The molecule has 9 heteroatoms. The van der Waals surface area contributed by atoms with E-state index in [1.54, 1.807) is 25.1 Å². The Morgan fingerprint density at radius 2 is 1.97 bits per heavy atom. The molecule has 1 aromatic heterocycles. The van der Waals surface area contributed by atoms with E-state index in [-0.39, 0.29) is 22.8 Å². The number of aryl methyl sites for hydroxylation is 2. The minimum Gasteiger partial charge on any atom is -0.465 e. The van der Waals surface area contributed by atoms with E-state index in [0.29, 0.717) is 29.7 Å². The number of methoxy groups -OCH3 is 1. The van der Waals surface area contributed by atoms with Gasteiger partial charge in [0.1, 0.15) is 5.82 Å². The van der Waals surface area contributed by atoms with Crippen molar-refractivity contribution in [3.05, 3.63) is 71.2 Å². The van der Waals surface area contributed by atoms with E-state index >= 15 is 0 Å². The highest BCUT2D eigenvalue weighted by Gasteiger charge is 2.24. The van der Waals surface area contributed by atoms with Crippen LogP contribution in [0.25, 0.3) is 11.3 Å². The van der Waals surface area contributed by atoms with Crippen LogP contribution >= 0.6 is 0 Å². The Hall–Kier alpha value is -3.04. The molecule has 0 amide bonds. The van der Waals surface area contributed by atoms with Gasteiger partial charge in [-0.15, -0.1) is 0 Å². The van der Waals surface area contributed by atoms with Gasteiger partial charge in [-0.05, 0) is 55.7 Å². The van der Waals surface area contributed by atoms with Gasteiger partial charge in [-0.2, -0.15) is 5.10 Å². The van der Waals surface area contributed by atoms with Crippen molar-refractivity contribution in [2.45, 2.75) is 24.7 Å². The molecular weight excluding hydrogens is 421 g/mol. The number of hydrogen-bond donors (Lipinski definition) is 1. The molecule has 0 aliphatic rings. The second-order valence-corrected chi connectivity index (χ2v) is 9.20. The monoisotopic (exact) mass is 445 g/mol. The summed E-state index contributed by atoms with van der Waals surface area (Å²) < 4.78 is 45.3. The molecule has 2 aromatic carbocycles. The van der Waals surface area contributed by atoms with Crippen molar-refractivity contribution in [2.75, 3.05) is 20.7 Å². The number of nitrogens with zero attached hydrogens (tertiary/aromatic N) is 2. The van der Waals surface area contributed by atoms with Gasteiger partial charge in [0.15, 0.2) is 0 Å². The number of carbonyl (C=O) groups excluding carboxylic acids is 1. The lowest BCUT2D eigenvalue weighted by Gasteiger charge is -2.19. The normalized spacial score (nSPS) is 11.6. The summed E-state index contributed by atoms with van der Waals surface area (Å²) in [5, 5.41) is 7.11. The Morgan fingerprint density at radius 3 is 2.68 bits per heavy atom. The molecule has 1 heterocycles. The molecule has 0 radical (unpaired) electrons. The zero-order valence-electron chi connectivity index (χ0n) is 17.6. The fourth-order valence-electron chi connectivity index (χ4n) is 3.19. The van der Waals surface area contributed by atoms with Crippen LogP contribution in [0.15, 0.2) is 53.4 Å². The van der Waals surface area contributed by atoms with Crippen LogP contribution in [0.3, 0.4) is 0 Å². The number of aromatic nitrogens is 2. The van der Waals surface area contributed by atoms with Gasteiger partial charge in [0.2, 0.25) is 10.0 Å². The Balaban J connectivity index is 1.66. The molecule has 0 aliphatic carbocycles. The first kappa shape index (κ1) is 22.6. The summed E-state index contributed by atoms with van der Waals surface area (Å²) >= 11 is 0. The van der Waals surface area contributed by atoms with Crippen LogP contribution in [0.1, 0.15) is 28.0 Å². The minimum absolute atomic E-state index is 0.0767. The van der Waals surface area contributed by atoms with Crippen molar-refractivity contribution in [2.24, 2.45) is 0 Å². The molecule has 1 N–H and O–H groups in total. The third kappa shape index (κ3) is 5.18. The van der Waals surface area contributed by atoms with Crippen LogP contribution < -0.4 is 0 Å². The van der Waals surface area contributed by atoms with E-state index in [2.05, 4.69) is 14.9 Å². The average molecular weight is 446 g/mol. The Kier molecular flexibility index (Phi) is 6.87. The number of halogens is 1. The summed E-state index contributed by atoms with van der Waals surface area (Å²) in [5.74, 6) is -0.923. The van der Waals surface area contributed by atoms with Crippen LogP contribution in [-0.2, 0) is 21.2 Å². The predicted octanol–water partition coefficient (Wildman–Crippen LogP) is 3.56. The van der Waals surface area contributed by atoms with Crippen LogP contribution in [0.2, 0.25) is 0 Å². The van der Waals surface area contributed by atoms with Gasteiger partial charge in [0, 0.05) is 24.8 Å². The Labute approximate surface area is 180 Å². The first-order valence-electron chi connectivity index (χ1n) is 9.68. The third-order valence-electron chi connectivity index (χ3n) is 4.97. The Bertz CT molecular complexity index is 1190. The molecule has 0 unspecified atom stereocenters. The number of nitrogens with one attached hydrogen (secondary N) is 1. The van der Waals surface area contributed by atoms with Crippen molar-refractivity contribution < 1.29 is 22.3 Å². The summed E-state index contributed by atoms with van der Waals surface area (Å²) in [4.78, 5) is 11.8. The van der Waals surface area contributed by atoms with E-state index in [9.17, 15) is 17.6 Å². The number of rotatable bonds is 8. The standard InChI is InChI=1S/C22H24FN3O4S/c1-15-9-10-17(22(27)30-3)13-21(15)31(28,29)26(2)11-5-8-19-14-20(25-24-19)16-6-4-7-18(23)12-16/h4,6-7,9-10,12-14H,5,8,11H2,1-3H3,(H,24,25). The topological polar surface area (TPSA) is 92.4 Å². The van der Waals surface area contributed by atoms with E-state index in [1.165, 1.54) is 42.7 Å². The Morgan fingerprint density at radius 1 is 1.19 bits per heavy atom. The van der Waals surface area contributed by atoms with Gasteiger partial charge >= 0.3 is 5.97 Å². The SMILES string of the molecule is COC(=O)c1ccc(C)c(S(=O)(=O)N(C)CCCc2cc(-c3cccc(F)c3)n[nH]2)c1. The van der Waals surface area contributed by atoms with E-state index in [1.807, 2.05) is 6.07 Å². The molecule has 7 nitrogen and oxygen atoms in total. The largest absolute Gasteiger partial charge is 0.465 e. The summed E-state index contributed by atoms with van der Waals surface area (Å²) in [6.07, 6.45) is 1.12. The molecule has 3 rings (SSSR count). The van der Waals surface area contributed by atoms with Crippen molar-refractivity contribution >= 4 is 16.0 Å². The summed E-state index contributed by atoms with van der Waals surface area (Å²) in [6.45, 7) is 1.96.